The minimum atomic E-state index is 0.717. The monoisotopic (exact) mass is 188 g/mol. The molecule has 74 valence electrons. The van der Waals surface area contributed by atoms with Gasteiger partial charge < -0.3 is 10.5 Å². The van der Waals surface area contributed by atoms with Crippen molar-refractivity contribution in [2.24, 2.45) is 0 Å². The Labute approximate surface area is 86.5 Å². The molecular weight excluding hydrogens is 171 g/mol. The van der Waals surface area contributed by atoms with Crippen molar-refractivity contribution < 1.29 is 0 Å². The molecule has 14 heavy (non-hydrogen) atoms. The third-order valence-corrected chi connectivity index (χ3v) is 3.10. The molecule has 1 fully saturated rings. The SMILES string of the molecule is BN1CCC(c2cccc(N)c2)CC1. The minimum Gasteiger partial charge on any atom is -0.399 e. The third kappa shape index (κ3) is 2.10. The molecule has 1 heterocycles. The van der Waals surface area contributed by atoms with E-state index in [0.717, 1.165) is 11.6 Å². The number of piperidine rings is 1. The molecule has 0 bridgehead atoms. The summed E-state index contributed by atoms with van der Waals surface area (Å²) in [7, 11) is 2.19. The lowest BCUT2D eigenvalue weighted by molar-refractivity contribution is 0.335. The molecule has 1 aromatic carbocycles. The van der Waals surface area contributed by atoms with Crippen LogP contribution < -0.4 is 5.73 Å². The van der Waals surface area contributed by atoms with Gasteiger partial charge in [-0.2, -0.15) is 0 Å². The molecule has 1 saturated heterocycles. The summed E-state index contributed by atoms with van der Waals surface area (Å²) >= 11 is 0. The van der Waals surface area contributed by atoms with Gasteiger partial charge in [-0.05, 0) is 49.5 Å². The molecule has 0 radical (unpaired) electrons. The Bertz CT molecular complexity index is 306. The van der Waals surface area contributed by atoms with Gasteiger partial charge in [-0.15, -0.1) is 0 Å². The molecular formula is C11H17BN2. The third-order valence-electron chi connectivity index (χ3n) is 3.10. The lowest BCUT2D eigenvalue weighted by Gasteiger charge is -2.29. The van der Waals surface area contributed by atoms with Crippen molar-refractivity contribution in [2.75, 3.05) is 18.8 Å². The van der Waals surface area contributed by atoms with Gasteiger partial charge in [0.2, 0.25) is 0 Å². The lowest BCUT2D eigenvalue weighted by Crippen LogP contribution is -2.30. The first-order valence-corrected chi connectivity index (χ1v) is 5.29. The van der Waals surface area contributed by atoms with Gasteiger partial charge in [-0.3, -0.25) is 0 Å². The Hall–Kier alpha value is -0.955. The molecule has 0 spiro atoms. The van der Waals surface area contributed by atoms with E-state index in [-0.39, 0.29) is 0 Å². The topological polar surface area (TPSA) is 29.3 Å². The van der Waals surface area contributed by atoms with Gasteiger partial charge in [-0.25, -0.2) is 0 Å². The maximum Gasteiger partial charge on any atom is 0.185 e. The van der Waals surface area contributed by atoms with Gasteiger partial charge in [-0.1, -0.05) is 12.1 Å². The second kappa shape index (κ2) is 4.05. The van der Waals surface area contributed by atoms with Gasteiger partial charge in [0, 0.05) is 5.69 Å². The highest BCUT2D eigenvalue weighted by atomic mass is 15.0. The summed E-state index contributed by atoms with van der Waals surface area (Å²) in [5.74, 6) is 0.717. The second-order valence-corrected chi connectivity index (χ2v) is 4.25. The van der Waals surface area contributed by atoms with Crippen LogP contribution in [0.25, 0.3) is 0 Å². The van der Waals surface area contributed by atoms with Crippen LogP contribution >= 0.6 is 0 Å². The largest absolute Gasteiger partial charge is 0.399 e. The number of nitrogens with two attached hydrogens (primary N) is 1. The second-order valence-electron chi connectivity index (χ2n) is 4.25. The maximum absolute atomic E-state index is 5.78. The highest BCUT2D eigenvalue weighted by Crippen LogP contribution is 2.28. The summed E-state index contributed by atoms with van der Waals surface area (Å²) in [5, 5.41) is 0. The smallest absolute Gasteiger partial charge is 0.185 e. The summed E-state index contributed by atoms with van der Waals surface area (Å²) in [6, 6.07) is 8.34. The average molecular weight is 188 g/mol. The molecule has 1 aromatic rings. The summed E-state index contributed by atoms with van der Waals surface area (Å²) in [6.07, 6.45) is 2.53. The van der Waals surface area contributed by atoms with Gasteiger partial charge in [0.25, 0.3) is 0 Å². The van der Waals surface area contributed by atoms with Crippen molar-refractivity contribution in [3.63, 3.8) is 0 Å². The van der Waals surface area contributed by atoms with Crippen LogP contribution in [0.5, 0.6) is 0 Å². The zero-order chi connectivity index (χ0) is 9.97. The number of nitrogen functional groups attached to an aromatic ring is 1. The van der Waals surface area contributed by atoms with Crippen LogP contribution in [-0.4, -0.2) is 25.9 Å². The molecule has 2 rings (SSSR count). The first kappa shape index (κ1) is 9.59. The van der Waals surface area contributed by atoms with E-state index in [1.54, 1.807) is 0 Å². The van der Waals surface area contributed by atoms with Gasteiger partial charge >= 0.3 is 0 Å². The van der Waals surface area contributed by atoms with E-state index < -0.39 is 0 Å². The molecule has 0 unspecified atom stereocenters. The van der Waals surface area contributed by atoms with Crippen LogP contribution in [0, 0.1) is 0 Å². The highest BCUT2D eigenvalue weighted by molar-refractivity contribution is 6.04. The normalized spacial score (nSPS) is 19.7. The number of nitrogens with zero attached hydrogens (tertiary/aromatic N) is 1. The molecule has 2 nitrogen and oxygen atoms in total. The fraction of sp³-hybridized carbons (Fsp3) is 0.455. The maximum atomic E-state index is 5.78. The van der Waals surface area contributed by atoms with Gasteiger partial charge in [0.05, 0.1) is 0 Å². The number of benzene rings is 1. The van der Waals surface area contributed by atoms with Crippen molar-refractivity contribution >= 4 is 13.7 Å². The molecule has 0 aromatic heterocycles. The van der Waals surface area contributed by atoms with E-state index >= 15 is 0 Å². The van der Waals surface area contributed by atoms with Crippen molar-refractivity contribution in [3.05, 3.63) is 29.8 Å². The Morgan fingerprint density at radius 3 is 2.64 bits per heavy atom. The lowest BCUT2D eigenvalue weighted by atomic mass is 9.88. The summed E-state index contributed by atoms with van der Waals surface area (Å²) < 4.78 is 0. The zero-order valence-electron chi connectivity index (χ0n) is 8.74. The minimum absolute atomic E-state index is 0.717. The molecule has 0 aliphatic carbocycles. The molecule has 3 heteroatoms. The van der Waals surface area contributed by atoms with Crippen LogP contribution in [-0.2, 0) is 0 Å². The summed E-state index contributed by atoms with van der Waals surface area (Å²) in [4.78, 5) is 2.39. The first-order valence-electron chi connectivity index (χ1n) is 5.29. The van der Waals surface area contributed by atoms with Crippen LogP contribution in [0.2, 0.25) is 0 Å². The van der Waals surface area contributed by atoms with Crippen LogP contribution in [0.15, 0.2) is 24.3 Å². The molecule has 0 saturated carbocycles. The summed E-state index contributed by atoms with van der Waals surface area (Å²) in [6.45, 7) is 2.42. The van der Waals surface area contributed by atoms with Crippen molar-refractivity contribution in [3.8, 4) is 0 Å². The number of hydrogen-bond acceptors (Lipinski definition) is 2. The van der Waals surface area contributed by atoms with Gasteiger partial charge in [0.1, 0.15) is 0 Å². The Balaban J connectivity index is 2.08. The number of hydrogen-bond donors (Lipinski definition) is 1. The quantitative estimate of drug-likeness (QED) is 0.526. The number of rotatable bonds is 1. The van der Waals surface area contributed by atoms with E-state index in [1.165, 1.54) is 31.5 Å². The van der Waals surface area contributed by atoms with E-state index in [1.807, 2.05) is 6.07 Å². The van der Waals surface area contributed by atoms with Crippen molar-refractivity contribution in [1.29, 1.82) is 0 Å². The van der Waals surface area contributed by atoms with Crippen LogP contribution in [0.1, 0.15) is 24.3 Å². The molecule has 2 N–H and O–H groups in total. The van der Waals surface area contributed by atoms with Crippen molar-refractivity contribution in [1.82, 2.24) is 4.81 Å². The van der Waals surface area contributed by atoms with E-state index in [0.29, 0.717) is 0 Å². The highest BCUT2D eigenvalue weighted by Gasteiger charge is 2.17. The fourth-order valence-corrected chi connectivity index (χ4v) is 2.15. The molecule has 1 aliphatic rings. The van der Waals surface area contributed by atoms with Crippen LogP contribution in [0.4, 0.5) is 5.69 Å². The molecule has 1 aliphatic heterocycles. The van der Waals surface area contributed by atoms with E-state index in [2.05, 4.69) is 31.0 Å². The van der Waals surface area contributed by atoms with Crippen LogP contribution in [0.3, 0.4) is 0 Å². The fourth-order valence-electron chi connectivity index (χ4n) is 2.15. The Morgan fingerprint density at radius 1 is 1.29 bits per heavy atom. The first-order chi connectivity index (χ1) is 6.75. The Kier molecular flexibility index (Phi) is 2.78. The predicted octanol–water partition coefficient (Wildman–Crippen LogP) is 0.996. The zero-order valence-corrected chi connectivity index (χ0v) is 8.74. The standard InChI is InChI=1S/C11H17BN2/c12-14-6-4-9(5-7-14)10-2-1-3-11(13)8-10/h1-3,8-9H,4-7,12-13H2. The molecule has 0 amide bonds. The number of anilines is 1. The average Bonchev–Trinajstić information content (AvgIpc) is 2.19. The van der Waals surface area contributed by atoms with E-state index in [9.17, 15) is 0 Å². The van der Waals surface area contributed by atoms with E-state index in [4.69, 9.17) is 5.73 Å². The van der Waals surface area contributed by atoms with Gasteiger partial charge in [0.15, 0.2) is 7.98 Å². The predicted molar refractivity (Wildman–Crippen MR) is 62.9 cm³/mol. The Morgan fingerprint density at radius 2 is 2.00 bits per heavy atom. The van der Waals surface area contributed by atoms with Crippen molar-refractivity contribution in [2.45, 2.75) is 18.8 Å². The summed E-state index contributed by atoms with van der Waals surface area (Å²) in [5.41, 5.74) is 8.09. The molecule has 0 atom stereocenters.